The zero-order valence-corrected chi connectivity index (χ0v) is 6.85. The molecule has 11 heavy (non-hydrogen) atoms. The first kappa shape index (κ1) is 8.20. The van der Waals surface area contributed by atoms with Crippen molar-refractivity contribution in [3.05, 3.63) is 17.9 Å². The number of rotatable bonds is 3. The van der Waals surface area contributed by atoms with Crippen molar-refractivity contribution in [2.24, 2.45) is 0 Å². The predicted molar refractivity (Wildman–Crippen MR) is 41.8 cm³/mol. The van der Waals surface area contributed by atoms with Gasteiger partial charge in [0.1, 0.15) is 12.2 Å². The van der Waals surface area contributed by atoms with Crippen molar-refractivity contribution >= 4 is 17.7 Å². The highest BCUT2D eigenvalue weighted by atomic mass is 32.2. The lowest BCUT2D eigenvalue weighted by Gasteiger charge is -1.88. The molecule has 0 saturated carbocycles. The van der Waals surface area contributed by atoms with Crippen LogP contribution in [0, 0.1) is 0 Å². The van der Waals surface area contributed by atoms with Crippen LogP contribution in [0.1, 0.15) is 5.76 Å². The van der Waals surface area contributed by atoms with Crippen LogP contribution in [-0.4, -0.2) is 17.3 Å². The van der Waals surface area contributed by atoms with Crippen LogP contribution in [0.2, 0.25) is 0 Å². The molecule has 1 aromatic heterocycles. The maximum absolute atomic E-state index is 10.2. The standard InChI is InChI=1S/C7H8O3S/c1-11-7-3-2-5(10-7)4-6(8)9/h2-3H,4H2,1H3,(H,8,9). The Morgan fingerprint density at radius 2 is 2.45 bits per heavy atom. The van der Waals surface area contributed by atoms with Crippen molar-refractivity contribution in [3.8, 4) is 0 Å². The van der Waals surface area contributed by atoms with E-state index in [1.807, 2.05) is 6.26 Å². The Balaban J connectivity index is 2.65. The highest BCUT2D eigenvalue weighted by Crippen LogP contribution is 2.17. The molecule has 1 rings (SSSR count). The van der Waals surface area contributed by atoms with Gasteiger partial charge in [-0.05, 0) is 18.4 Å². The molecule has 0 unspecified atom stereocenters. The smallest absolute Gasteiger partial charge is 0.311 e. The lowest BCUT2D eigenvalue weighted by atomic mass is 10.3. The predicted octanol–water partition coefficient (Wildman–Crippen LogP) is 1.63. The van der Waals surface area contributed by atoms with Gasteiger partial charge in [-0.3, -0.25) is 4.79 Å². The Kier molecular flexibility index (Phi) is 2.59. The average molecular weight is 172 g/mol. The summed E-state index contributed by atoms with van der Waals surface area (Å²) in [5.41, 5.74) is 0. The summed E-state index contributed by atoms with van der Waals surface area (Å²) in [6, 6.07) is 3.45. The second-order valence-corrected chi connectivity index (χ2v) is 2.81. The summed E-state index contributed by atoms with van der Waals surface area (Å²) in [5.74, 6) is -0.367. The summed E-state index contributed by atoms with van der Waals surface area (Å²) >= 11 is 1.46. The van der Waals surface area contributed by atoms with Gasteiger partial charge in [0.25, 0.3) is 0 Å². The minimum atomic E-state index is -0.869. The minimum Gasteiger partial charge on any atom is -0.481 e. The number of carboxylic acids is 1. The maximum Gasteiger partial charge on any atom is 0.311 e. The number of carbonyl (C=O) groups is 1. The summed E-state index contributed by atoms with van der Waals surface area (Å²) in [6.45, 7) is 0. The van der Waals surface area contributed by atoms with Gasteiger partial charge >= 0.3 is 5.97 Å². The van der Waals surface area contributed by atoms with E-state index >= 15 is 0 Å². The second kappa shape index (κ2) is 3.48. The molecular weight excluding hydrogens is 164 g/mol. The van der Waals surface area contributed by atoms with Gasteiger partial charge in [0.2, 0.25) is 0 Å². The first-order chi connectivity index (χ1) is 5.22. The lowest BCUT2D eigenvalue weighted by Crippen LogP contribution is -1.97. The van der Waals surface area contributed by atoms with Crippen molar-refractivity contribution in [1.82, 2.24) is 0 Å². The number of furan rings is 1. The van der Waals surface area contributed by atoms with Gasteiger partial charge in [-0.25, -0.2) is 0 Å². The number of hydrogen-bond donors (Lipinski definition) is 1. The van der Waals surface area contributed by atoms with Crippen LogP contribution < -0.4 is 0 Å². The van der Waals surface area contributed by atoms with Gasteiger partial charge in [0, 0.05) is 0 Å². The van der Waals surface area contributed by atoms with E-state index in [-0.39, 0.29) is 6.42 Å². The Hall–Kier alpha value is -0.900. The molecule has 1 N–H and O–H groups in total. The molecule has 0 aliphatic heterocycles. The van der Waals surface area contributed by atoms with Crippen LogP contribution in [0.25, 0.3) is 0 Å². The normalized spacial score (nSPS) is 9.91. The fourth-order valence-corrected chi connectivity index (χ4v) is 1.11. The van der Waals surface area contributed by atoms with Crippen LogP contribution >= 0.6 is 11.8 Å². The molecule has 0 aliphatic rings. The molecule has 0 aromatic carbocycles. The molecule has 4 heteroatoms. The van der Waals surface area contributed by atoms with E-state index in [9.17, 15) is 4.79 Å². The fourth-order valence-electron chi connectivity index (χ4n) is 0.712. The molecule has 0 aliphatic carbocycles. The van der Waals surface area contributed by atoms with Gasteiger partial charge in [-0.15, -0.1) is 0 Å². The van der Waals surface area contributed by atoms with Crippen molar-refractivity contribution in [1.29, 1.82) is 0 Å². The number of carboxylic acid groups (broad SMARTS) is 1. The molecule has 60 valence electrons. The van der Waals surface area contributed by atoms with E-state index in [2.05, 4.69) is 0 Å². The zero-order valence-electron chi connectivity index (χ0n) is 6.03. The van der Waals surface area contributed by atoms with Gasteiger partial charge in [0.15, 0.2) is 5.09 Å². The van der Waals surface area contributed by atoms with E-state index in [1.165, 1.54) is 11.8 Å². The topological polar surface area (TPSA) is 50.4 Å². The Morgan fingerprint density at radius 3 is 2.91 bits per heavy atom. The third-order valence-corrected chi connectivity index (χ3v) is 1.79. The van der Waals surface area contributed by atoms with E-state index < -0.39 is 5.97 Å². The minimum absolute atomic E-state index is 0.0411. The van der Waals surface area contributed by atoms with Crippen molar-refractivity contribution < 1.29 is 14.3 Å². The lowest BCUT2D eigenvalue weighted by molar-refractivity contribution is -0.136. The number of thioether (sulfide) groups is 1. The second-order valence-electron chi connectivity index (χ2n) is 2.00. The van der Waals surface area contributed by atoms with Gasteiger partial charge < -0.3 is 9.52 Å². The third-order valence-electron chi connectivity index (χ3n) is 1.16. The quantitative estimate of drug-likeness (QED) is 0.704. The van der Waals surface area contributed by atoms with Crippen molar-refractivity contribution in [2.75, 3.05) is 6.26 Å². The molecule has 0 bridgehead atoms. The van der Waals surface area contributed by atoms with Gasteiger partial charge in [-0.2, -0.15) is 0 Å². The SMILES string of the molecule is CSc1ccc(CC(=O)O)o1. The summed E-state index contributed by atoms with van der Waals surface area (Å²) < 4.78 is 5.13. The summed E-state index contributed by atoms with van der Waals surface area (Å²) in [7, 11) is 0. The largest absolute Gasteiger partial charge is 0.481 e. The molecule has 3 nitrogen and oxygen atoms in total. The molecule has 1 heterocycles. The molecule has 0 radical (unpaired) electrons. The molecule has 0 amide bonds. The number of hydrogen-bond acceptors (Lipinski definition) is 3. The fraction of sp³-hybridized carbons (Fsp3) is 0.286. The van der Waals surface area contributed by atoms with Crippen molar-refractivity contribution in [2.45, 2.75) is 11.5 Å². The van der Waals surface area contributed by atoms with Gasteiger partial charge in [0.05, 0.1) is 0 Å². The van der Waals surface area contributed by atoms with Crippen LogP contribution in [-0.2, 0) is 11.2 Å². The Morgan fingerprint density at radius 1 is 1.73 bits per heavy atom. The molecule has 1 aromatic rings. The summed E-state index contributed by atoms with van der Waals surface area (Å²) in [5, 5.41) is 9.13. The first-order valence-corrected chi connectivity index (χ1v) is 4.29. The van der Waals surface area contributed by atoms with Crippen LogP contribution in [0.4, 0.5) is 0 Å². The highest BCUT2D eigenvalue weighted by molar-refractivity contribution is 7.98. The molecule has 0 saturated heterocycles. The van der Waals surface area contributed by atoms with E-state index in [0.717, 1.165) is 5.09 Å². The molecule has 0 atom stereocenters. The van der Waals surface area contributed by atoms with E-state index in [1.54, 1.807) is 12.1 Å². The van der Waals surface area contributed by atoms with Crippen molar-refractivity contribution in [3.63, 3.8) is 0 Å². The first-order valence-electron chi connectivity index (χ1n) is 3.07. The van der Waals surface area contributed by atoms with E-state index in [0.29, 0.717) is 5.76 Å². The molecule has 0 spiro atoms. The van der Waals surface area contributed by atoms with Crippen LogP contribution in [0.15, 0.2) is 21.6 Å². The number of aliphatic carboxylic acids is 1. The average Bonchev–Trinajstić information content (AvgIpc) is 2.34. The van der Waals surface area contributed by atoms with E-state index in [4.69, 9.17) is 9.52 Å². The Bertz CT molecular complexity index is 254. The highest BCUT2D eigenvalue weighted by Gasteiger charge is 2.04. The molecular formula is C7H8O3S. The molecule has 0 fully saturated rings. The maximum atomic E-state index is 10.2. The Labute approximate surface area is 68.4 Å². The van der Waals surface area contributed by atoms with Gasteiger partial charge in [-0.1, -0.05) is 11.8 Å². The monoisotopic (exact) mass is 172 g/mol. The summed E-state index contributed by atoms with van der Waals surface area (Å²) in [6.07, 6.45) is 1.84. The van der Waals surface area contributed by atoms with Crippen LogP contribution in [0.5, 0.6) is 0 Å². The van der Waals surface area contributed by atoms with Crippen LogP contribution in [0.3, 0.4) is 0 Å². The third kappa shape index (κ3) is 2.31. The zero-order chi connectivity index (χ0) is 8.27. The summed E-state index contributed by atoms with van der Waals surface area (Å²) in [4.78, 5) is 10.2.